The Bertz CT molecular complexity index is 989. The number of rotatable bonds is 6. The monoisotopic (exact) mass is 478 g/mol. The van der Waals surface area contributed by atoms with Gasteiger partial charge >= 0.3 is 0 Å². The largest absolute Gasteiger partial charge is 0.346 e. The molecule has 174 valence electrons. The molecule has 1 amide bonds. The van der Waals surface area contributed by atoms with Crippen LogP contribution < -0.4 is 0 Å². The molecule has 0 radical (unpaired) electrons. The van der Waals surface area contributed by atoms with E-state index in [-0.39, 0.29) is 11.9 Å². The van der Waals surface area contributed by atoms with E-state index in [9.17, 15) is 13.2 Å². The maximum atomic E-state index is 13.3. The van der Waals surface area contributed by atoms with Crippen LogP contribution in [0.4, 0.5) is 0 Å². The van der Waals surface area contributed by atoms with Crippen molar-refractivity contribution in [2.45, 2.75) is 38.1 Å². The molecule has 2 aliphatic heterocycles. The molecule has 1 aromatic carbocycles. The van der Waals surface area contributed by atoms with E-state index in [1.807, 2.05) is 58.3 Å². The van der Waals surface area contributed by atoms with E-state index >= 15 is 0 Å². The summed E-state index contributed by atoms with van der Waals surface area (Å²) in [6.07, 6.45) is 7.81. The molecular weight excluding hydrogens is 448 g/mol. The molecule has 0 bridgehead atoms. The minimum Gasteiger partial charge on any atom is -0.346 e. The summed E-state index contributed by atoms with van der Waals surface area (Å²) >= 11 is 6.05. The summed E-state index contributed by atoms with van der Waals surface area (Å²) in [5, 5.41) is 0.661. The van der Waals surface area contributed by atoms with Crippen LogP contribution in [0.1, 0.15) is 43.7 Å². The van der Waals surface area contributed by atoms with Crippen LogP contribution in [-0.2, 0) is 15.0 Å². The summed E-state index contributed by atoms with van der Waals surface area (Å²) in [5.74, 6) is 0.0378. The van der Waals surface area contributed by atoms with Gasteiger partial charge in [0.1, 0.15) is 0 Å². The lowest BCUT2D eigenvalue weighted by Crippen LogP contribution is -2.47. The van der Waals surface area contributed by atoms with Crippen molar-refractivity contribution in [2.24, 2.45) is 0 Å². The minimum absolute atomic E-state index is 0.0378. The molecule has 1 atom stereocenters. The summed E-state index contributed by atoms with van der Waals surface area (Å²) in [5.41, 5.74) is 1.02. The Morgan fingerprint density at radius 1 is 0.844 bits per heavy atom. The maximum absolute atomic E-state index is 13.3. The van der Waals surface area contributed by atoms with E-state index in [2.05, 4.69) is 0 Å². The minimum atomic E-state index is -3.45. The Labute approximate surface area is 195 Å². The van der Waals surface area contributed by atoms with Gasteiger partial charge in [0.2, 0.25) is 5.91 Å². The summed E-state index contributed by atoms with van der Waals surface area (Å²) in [6.45, 7) is 3.00. The van der Waals surface area contributed by atoms with Gasteiger partial charge in [-0.3, -0.25) is 4.79 Å². The normalized spacial score (nSPS) is 20.1. The standard InChI is InChI=1S/C23H31ClN4O3S/c24-21-9-7-20(8-10-21)22(25-11-4-5-12-25)19-23(29)26-13-6-16-28(18-17-26)32(30,31)27-14-2-1-3-15-27/h4-5,7-12,22H,1-3,6,13-19H2/t22-/m1/s1. The lowest BCUT2D eigenvalue weighted by Gasteiger charge is -2.31. The highest BCUT2D eigenvalue weighted by atomic mass is 35.5. The number of benzene rings is 1. The summed E-state index contributed by atoms with van der Waals surface area (Å²) in [4.78, 5) is 15.1. The van der Waals surface area contributed by atoms with Gasteiger partial charge in [0.15, 0.2) is 0 Å². The number of carbonyl (C=O) groups is 1. The van der Waals surface area contributed by atoms with Gasteiger partial charge in [0.05, 0.1) is 12.5 Å². The van der Waals surface area contributed by atoms with Crippen molar-refractivity contribution in [1.82, 2.24) is 18.1 Å². The highest BCUT2D eigenvalue weighted by Gasteiger charge is 2.33. The van der Waals surface area contributed by atoms with Crippen molar-refractivity contribution in [1.29, 1.82) is 0 Å². The lowest BCUT2D eigenvalue weighted by atomic mass is 10.0. The van der Waals surface area contributed by atoms with E-state index < -0.39 is 10.2 Å². The van der Waals surface area contributed by atoms with Crippen molar-refractivity contribution >= 4 is 27.7 Å². The molecule has 2 saturated heterocycles. The Balaban J connectivity index is 1.43. The van der Waals surface area contributed by atoms with Crippen LogP contribution in [0.15, 0.2) is 48.8 Å². The average Bonchev–Trinajstić information content (AvgIpc) is 3.21. The molecular formula is C23H31ClN4O3S. The van der Waals surface area contributed by atoms with Crippen LogP contribution in [0.25, 0.3) is 0 Å². The molecule has 3 heterocycles. The number of hydrogen-bond acceptors (Lipinski definition) is 3. The first kappa shape index (κ1) is 23.3. The van der Waals surface area contributed by atoms with Gasteiger partial charge in [-0.05, 0) is 49.1 Å². The van der Waals surface area contributed by atoms with Gasteiger partial charge < -0.3 is 9.47 Å². The Kier molecular flexibility index (Phi) is 7.55. The van der Waals surface area contributed by atoms with Gasteiger partial charge in [-0.25, -0.2) is 0 Å². The second kappa shape index (κ2) is 10.4. The molecule has 1 aromatic heterocycles. The van der Waals surface area contributed by atoms with Crippen LogP contribution in [0.5, 0.6) is 0 Å². The van der Waals surface area contributed by atoms with E-state index in [4.69, 9.17) is 11.6 Å². The fourth-order valence-electron chi connectivity index (χ4n) is 4.56. The number of carbonyl (C=O) groups excluding carboxylic acids is 1. The molecule has 7 nitrogen and oxygen atoms in total. The summed E-state index contributed by atoms with van der Waals surface area (Å²) in [7, 11) is -3.45. The number of aromatic nitrogens is 1. The van der Waals surface area contributed by atoms with E-state index in [0.717, 1.165) is 24.8 Å². The van der Waals surface area contributed by atoms with Gasteiger partial charge in [-0.15, -0.1) is 0 Å². The number of hydrogen-bond donors (Lipinski definition) is 0. The number of halogens is 1. The van der Waals surface area contributed by atoms with E-state index in [0.29, 0.717) is 57.1 Å². The van der Waals surface area contributed by atoms with Gasteiger partial charge in [-0.2, -0.15) is 17.0 Å². The topological polar surface area (TPSA) is 65.9 Å². The molecule has 2 aliphatic rings. The quantitative estimate of drug-likeness (QED) is 0.639. The van der Waals surface area contributed by atoms with E-state index in [1.54, 1.807) is 8.61 Å². The molecule has 0 unspecified atom stereocenters. The number of nitrogens with zero attached hydrogens (tertiary/aromatic N) is 4. The number of amides is 1. The fourth-order valence-corrected chi connectivity index (χ4v) is 6.41. The number of piperidine rings is 1. The lowest BCUT2D eigenvalue weighted by molar-refractivity contribution is -0.131. The molecule has 2 aromatic rings. The zero-order chi connectivity index (χ0) is 22.6. The first-order chi connectivity index (χ1) is 15.4. The molecule has 0 aliphatic carbocycles. The molecule has 0 spiro atoms. The van der Waals surface area contributed by atoms with E-state index in [1.165, 1.54) is 0 Å². The van der Waals surface area contributed by atoms with Crippen molar-refractivity contribution in [3.05, 3.63) is 59.4 Å². The fraction of sp³-hybridized carbons (Fsp3) is 0.522. The molecule has 2 fully saturated rings. The zero-order valence-electron chi connectivity index (χ0n) is 18.3. The molecule has 0 saturated carbocycles. The van der Waals surface area contributed by atoms with Crippen LogP contribution in [0.2, 0.25) is 5.02 Å². The van der Waals surface area contributed by atoms with Gasteiger partial charge in [-0.1, -0.05) is 30.2 Å². The predicted molar refractivity (Wildman–Crippen MR) is 126 cm³/mol. The van der Waals surface area contributed by atoms with Crippen molar-refractivity contribution in [3.8, 4) is 0 Å². The first-order valence-corrected chi connectivity index (χ1v) is 13.1. The van der Waals surface area contributed by atoms with Crippen molar-refractivity contribution in [3.63, 3.8) is 0 Å². The van der Waals surface area contributed by atoms with Crippen LogP contribution in [0.3, 0.4) is 0 Å². The van der Waals surface area contributed by atoms with Crippen molar-refractivity contribution < 1.29 is 13.2 Å². The average molecular weight is 479 g/mol. The highest BCUT2D eigenvalue weighted by Crippen LogP contribution is 2.25. The zero-order valence-corrected chi connectivity index (χ0v) is 19.8. The predicted octanol–water partition coefficient (Wildman–Crippen LogP) is 3.39. The Hall–Kier alpha value is -1.87. The van der Waals surface area contributed by atoms with Gasteiger partial charge in [0.25, 0.3) is 10.2 Å². The van der Waals surface area contributed by atoms with Crippen molar-refractivity contribution in [2.75, 3.05) is 39.3 Å². The summed E-state index contributed by atoms with van der Waals surface area (Å²) in [6, 6.07) is 11.3. The third kappa shape index (κ3) is 5.36. The molecule has 4 rings (SSSR count). The SMILES string of the molecule is O=C(C[C@H](c1ccc(Cl)cc1)n1cccc1)N1CCCN(S(=O)(=O)N2CCCCC2)CC1. The second-order valence-electron chi connectivity index (χ2n) is 8.50. The smallest absolute Gasteiger partial charge is 0.282 e. The molecule has 32 heavy (non-hydrogen) atoms. The molecule has 0 N–H and O–H groups in total. The van der Waals surface area contributed by atoms with Crippen LogP contribution in [0, 0.1) is 0 Å². The molecule has 9 heteroatoms. The van der Waals surface area contributed by atoms with Crippen LogP contribution in [-0.4, -0.2) is 71.7 Å². The third-order valence-corrected chi connectivity index (χ3v) is 8.67. The first-order valence-electron chi connectivity index (χ1n) is 11.4. The Morgan fingerprint density at radius 2 is 1.47 bits per heavy atom. The third-order valence-electron chi connectivity index (χ3n) is 6.39. The summed E-state index contributed by atoms with van der Waals surface area (Å²) < 4.78 is 31.3. The van der Waals surface area contributed by atoms with Crippen LogP contribution >= 0.6 is 11.6 Å². The Morgan fingerprint density at radius 3 is 2.16 bits per heavy atom. The maximum Gasteiger partial charge on any atom is 0.282 e. The second-order valence-corrected chi connectivity index (χ2v) is 10.9. The van der Waals surface area contributed by atoms with Gasteiger partial charge in [0, 0.05) is 56.7 Å². The highest BCUT2D eigenvalue weighted by molar-refractivity contribution is 7.86.